The van der Waals surface area contributed by atoms with Crippen molar-refractivity contribution in [1.29, 1.82) is 0 Å². The molecular formula is C21H36N2O. The summed E-state index contributed by atoms with van der Waals surface area (Å²) in [5.41, 5.74) is 2.54. The zero-order valence-electron chi connectivity index (χ0n) is 16.8. The fraction of sp³-hybridized carbons (Fsp3) is 0.762. The van der Waals surface area contributed by atoms with Gasteiger partial charge in [-0.3, -0.25) is 4.98 Å². The molecule has 1 heterocycles. The maximum Gasteiger partial charge on any atom is 0.163 e. The van der Waals surface area contributed by atoms with Crippen LogP contribution >= 0.6 is 0 Å². The van der Waals surface area contributed by atoms with E-state index in [1.54, 1.807) is 7.11 Å². The Morgan fingerprint density at radius 3 is 2.29 bits per heavy atom. The van der Waals surface area contributed by atoms with Gasteiger partial charge in [-0.1, -0.05) is 40.0 Å². The summed E-state index contributed by atoms with van der Waals surface area (Å²) in [6.07, 6.45) is 9.66. The third-order valence-corrected chi connectivity index (χ3v) is 5.08. The highest BCUT2D eigenvalue weighted by molar-refractivity contribution is 5.62. The quantitative estimate of drug-likeness (QED) is 0.686. The fourth-order valence-corrected chi connectivity index (χ4v) is 4.72. The van der Waals surface area contributed by atoms with Crippen LogP contribution in [0.15, 0.2) is 12.3 Å². The summed E-state index contributed by atoms with van der Waals surface area (Å²) >= 11 is 0. The Bertz CT molecular complexity index is 539. The van der Waals surface area contributed by atoms with Crippen molar-refractivity contribution in [3.05, 3.63) is 18.0 Å². The SMILES string of the molecule is COc1c(N(C2CCCCC2)C(C)(C)CC(C)(C)C)ccnc1C. The summed E-state index contributed by atoms with van der Waals surface area (Å²) in [6.45, 7) is 13.8. The number of ether oxygens (including phenoxy) is 1. The van der Waals surface area contributed by atoms with Crippen molar-refractivity contribution in [1.82, 2.24) is 4.98 Å². The second-order valence-electron chi connectivity index (χ2n) is 9.16. The number of anilines is 1. The Kier molecular flexibility index (Phi) is 5.83. The predicted molar refractivity (Wildman–Crippen MR) is 103 cm³/mol. The van der Waals surface area contributed by atoms with Crippen LogP contribution in [0.2, 0.25) is 0 Å². The molecule has 1 aromatic rings. The van der Waals surface area contributed by atoms with E-state index < -0.39 is 0 Å². The molecule has 0 saturated heterocycles. The Hall–Kier alpha value is -1.25. The molecule has 0 N–H and O–H groups in total. The van der Waals surface area contributed by atoms with E-state index in [1.807, 2.05) is 13.1 Å². The summed E-state index contributed by atoms with van der Waals surface area (Å²) in [4.78, 5) is 7.10. The molecule has 3 nitrogen and oxygen atoms in total. The van der Waals surface area contributed by atoms with Crippen LogP contribution in [0.1, 0.15) is 78.8 Å². The summed E-state index contributed by atoms with van der Waals surface area (Å²) in [5.74, 6) is 0.935. The van der Waals surface area contributed by atoms with Crippen LogP contribution in [0.4, 0.5) is 5.69 Å². The Labute approximate surface area is 148 Å². The van der Waals surface area contributed by atoms with E-state index in [0.717, 1.165) is 17.9 Å². The standard InChI is InChI=1S/C21H36N2O/c1-16-19(24-7)18(13-14-22-16)23(17-11-9-8-10-12-17)21(5,6)15-20(2,3)4/h13-14,17H,8-12,15H2,1-7H3. The molecule has 1 aliphatic carbocycles. The van der Waals surface area contributed by atoms with Crippen molar-refractivity contribution < 1.29 is 4.74 Å². The number of methoxy groups -OCH3 is 1. The van der Waals surface area contributed by atoms with Crippen molar-refractivity contribution >= 4 is 5.69 Å². The topological polar surface area (TPSA) is 25.4 Å². The molecule has 0 aromatic carbocycles. The summed E-state index contributed by atoms with van der Waals surface area (Å²) in [6, 6.07) is 2.73. The van der Waals surface area contributed by atoms with E-state index >= 15 is 0 Å². The van der Waals surface area contributed by atoms with E-state index in [2.05, 4.69) is 50.6 Å². The van der Waals surface area contributed by atoms with Crippen molar-refractivity contribution in [3.63, 3.8) is 0 Å². The van der Waals surface area contributed by atoms with Crippen molar-refractivity contribution in [2.45, 2.75) is 91.6 Å². The molecule has 0 aliphatic heterocycles. The smallest absolute Gasteiger partial charge is 0.163 e. The van der Waals surface area contributed by atoms with Crippen LogP contribution in [0.25, 0.3) is 0 Å². The number of hydrogen-bond donors (Lipinski definition) is 0. The summed E-state index contributed by atoms with van der Waals surface area (Å²) in [7, 11) is 1.77. The maximum absolute atomic E-state index is 5.77. The number of nitrogens with zero attached hydrogens (tertiary/aromatic N) is 2. The molecule has 136 valence electrons. The molecule has 1 saturated carbocycles. The fourth-order valence-electron chi connectivity index (χ4n) is 4.72. The van der Waals surface area contributed by atoms with Gasteiger partial charge in [0.2, 0.25) is 0 Å². The summed E-state index contributed by atoms with van der Waals surface area (Å²) < 4.78 is 5.77. The Morgan fingerprint density at radius 1 is 1.12 bits per heavy atom. The number of hydrogen-bond acceptors (Lipinski definition) is 3. The highest BCUT2D eigenvalue weighted by Crippen LogP contribution is 2.43. The van der Waals surface area contributed by atoms with Gasteiger partial charge in [0.15, 0.2) is 5.75 Å². The number of rotatable bonds is 5. The molecule has 0 spiro atoms. The zero-order chi connectivity index (χ0) is 18.0. The average Bonchev–Trinajstić information content (AvgIpc) is 2.46. The number of aromatic nitrogens is 1. The average molecular weight is 333 g/mol. The van der Waals surface area contributed by atoms with Gasteiger partial charge in [0.25, 0.3) is 0 Å². The second-order valence-corrected chi connectivity index (χ2v) is 9.16. The van der Waals surface area contributed by atoms with E-state index in [0.29, 0.717) is 6.04 Å². The van der Waals surface area contributed by atoms with E-state index in [4.69, 9.17) is 4.74 Å². The Balaban J connectivity index is 2.49. The minimum absolute atomic E-state index is 0.0708. The van der Waals surface area contributed by atoms with Crippen molar-refractivity contribution in [2.75, 3.05) is 12.0 Å². The van der Waals surface area contributed by atoms with E-state index in [-0.39, 0.29) is 11.0 Å². The first-order valence-corrected chi connectivity index (χ1v) is 9.45. The van der Waals surface area contributed by atoms with Crippen LogP contribution in [0, 0.1) is 12.3 Å². The lowest BCUT2D eigenvalue weighted by Gasteiger charge is -2.49. The van der Waals surface area contributed by atoms with Gasteiger partial charge in [-0.2, -0.15) is 0 Å². The summed E-state index contributed by atoms with van der Waals surface area (Å²) in [5, 5.41) is 0. The molecule has 0 radical (unpaired) electrons. The van der Waals surface area contributed by atoms with E-state index in [1.165, 1.54) is 37.8 Å². The zero-order valence-corrected chi connectivity index (χ0v) is 16.8. The molecule has 0 bridgehead atoms. The lowest BCUT2D eigenvalue weighted by atomic mass is 9.78. The lowest BCUT2D eigenvalue weighted by molar-refractivity contribution is 0.242. The Morgan fingerprint density at radius 2 is 1.75 bits per heavy atom. The molecule has 1 fully saturated rings. The van der Waals surface area contributed by atoms with Crippen molar-refractivity contribution in [3.8, 4) is 5.75 Å². The molecule has 1 aromatic heterocycles. The second kappa shape index (κ2) is 7.33. The van der Waals surface area contributed by atoms with Crippen molar-refractivity contribution in [2.24, 2.45) is 5.41 Å². The van der Waals surface area contributed by atoms with Crippen LogP contribution in [0.5, 0.6) is 5.75 Å². The van der Waals surface area contributed by atoms with Crippen LogP contribution in [-0.4, -0.2) is 23.7 Å². The van der Waals surface area contributed by atoms with Gasteiger partial charge in [-0.25, -0.2) is 0 Å². The third kappa shape index (κ3) is 4.43. The lowest BCUT2D eigenvalue weighted by Crippen LogP contribution is -2.52. The highest BCUT2D eigenvalue weighted by Gasteiger charge is 2.38. The minimum atomic E-state index is 0.0708. The van der Waals surface area contributed by atoms with Gasteiger partial charge < -0.3 is 9.64 Å². The third-order valence-electron chi connectivity index (χ3n) is 5.08. The molecule has 1 aliphatic rings. The highest BCUT2D eigenvalue weighted by atomic mass is 16.5. The molecule has 2 rings (SSSR count). The molecule has 0 amide bonds. The van der Waals surface area contributed by atoms with Crippen LogP contribution < -0.4 is 9.64 Å². The molecule has 24 heavy (non-hydrogen) atoms. The van der Waals surface area contributed by atoms with E-state index in [9.17, 15) is 0 Å². The number of aryl methyl sites for hydroxylation is 1. The normalized spacial score (nSPS) is 17.0. The maximum atomic E-state index is 5.77. The van der Waals surface area contributed by atoms with Gasteiger partial charge in [0, 0.05) is 17.8 Å². The first-order chi connectivity index (χ1) is 11.2. The minimum Gasteiger partial charge on any atom is -0.493 e. The monoisotopic (exact) mass is 332 g/mol. The van der Waals surface area contributed by atoms with Crippen LogP contribution in [0.3, 0.4) is 0 Å². The predicted octanol–water partition coefficient (Wildman–Crippen LogP) is 5.75. The molecule has 0 atom stereocenters. The molecular weight excluding hydrogens is 296 g/mol. The van der Waals surface area contributed by atoms with Gasteiger partial charge >= 0.3 is 0 Å². The van der Waals surface area contributed by atoms with Gasteiger partial charge in [0.1, 0.15) is 0 Å². The largest absolute Gasteiger partial charge is 0.493 e. The van der Waals surface area contributed by atoms with Gasteiger partial charge in [-0.05, 0) is 51.5 Å². The van der Waals surface area contributed by atoms with Gasteiger partial charge in [0.05, 0.1) is 18.5 Å². The first kappa shape index (κ1) is 19.1. The first-order valence-electron chi connectivity index (χ1n) is 9.45. The molecule has 3 heteroatoms. The number of pyridine rings is 1. The van der Waals surface area contributed by atoms with Gasteiger partial charge in [-0.15, -0.1) is 0 Å². The molecule has 0 unspecified atom stereocenters. The van der Waals surface area contributed by atoms with Crippen LogP contribution in [-0.2, 0) is 0 Å².